The Morgan fingerprint density at radius 3 is 2.86 bits per heavy atom. The molecule has 3 N–H and O–H groups in total. The van der Waals surface area contributed by atoms with Crippen LogP contribution in [0.5, 0.6) is 0 Å². The third-order valence-corrected chi connectivity index (χ3v) is 3.67. The van der Waals surface area contributed by atoms with Crippen molar-refractivity contribution in [3.63, 3.8) is 0 Å². The van der Waals surface area contributed by atoms with Crippen LogP contribution in [0.15, 0.2) is 24.3 Å². The highest BCUT2D eigenvalue weighted by molar-refractivity contribution is 5.96. The van der Waals surface area contributed by atoms with Crippen molar-refractivity contribution in [1.82, 2.24) is 4.90 Å². The molecule has 0 radical (unpaired) electrons. The SMILES string of the molecule is CC(=O)Nc1cccc(C(=O)N2CCCCC[C@@H](N)C2)c1. The lowest BCUT2D eigenvalue weighted by Gasteiger charge is -2.28. The van der Waals surface area contributed by atoms with E-state index in [1.165, 1.54) is 6.92 Å². The Balaban J connectivity index is 2.12. The second-order valence-electron chi connectivity index (χ2n) is 5.62. The molecule has 0 saturated carbocycles. The van der Waals surface area contributed by atoms with Crippen molar-refractivity contribution in [3.8, 4) is 0 Å². The summed E-state index contributed by atoms with van der Waals surface area (Å²) in [5.41, 5.74) is 7.29. The van der Waals surface area contributed by atoms with Gasteiger partial charge in [-0.05, 0) is 31.0 Å². The van der Waals surface area contributed by atoms with E-state index in [0.717, 1.165) is 32.2 Å². The maximum Gasteiger partial charge on any atom is 0.253 e. The number of anilines is 1. The van der Waals surface area contributed by atoms with Crippen molar-refractivity contribution in [2.75, 3.05) is 18.4 Å². The van der Waals surface area contributed by atoms with Crippen LogP contribution < -0.4 is 11.1 Å². The number of nitrogens with one attached hydrogen (secondary N) is 1. The number of nitrogens with two attached hydrogens (primary N) is 1. The highest BCUT2D eigenvalue weighted by Crippen LogP contribution is 2.16. The molecule has 0 aromatic heterocycles. The van der Waals surface area contributed by atoms with E-state index in [9.17, 15) is 9.59 Å². The molecule has 21 heavy (non-hydrogen) atoms. The molecule has 0 unspecified atom stereocenters. The maximum absolute atomic E-state index is 12.6. The maximum atomic E-state index is 12.6. The van der Waals surface area contributed by atoms with Crippen molar-refractivity contribution >= 4 is 17.5 Å². The van der Waals surface area contributed by atoms with Gasteiger partial charge < -0.3 is 16.0 Å². The van der Waals surface area contributed by atoms with Crippen molar-refractivity contribution in [1.29, 1.82) is 0 Å². The van der Waals surface area contributed by atoms with E-state index in [1.54, 1.807) is 24.3 Å². The number of carbonyl (C=O) groups is 2. The fourth-order valence-electron chi connectivity index (χ4n) is 2.65. The smallest absolute Gasteiger partial charge is 0.253 e. The number of likely N-dealkylation sites (tertiary alicyclic amines) is 1. The van der Waals surface area contributed by atoms with Gasteiger partial charge in [-0.1, -0.05) is 18.9 Å². The minimum Gasteiger partial charge on any atom is -0.337 e. The van der Waals surface area contributed by atoms with Crippen LogP contribution in [-0.2, 0) is 4.79 Å². The summed E-state index contributed by atoms with van der Waals surface area (Å²) >= 11 is 0. The Bertz CT molecular complexity index is 516. The van der Waals surface area contributed by atoms with Crippen LogP contribution in [0.25, 0.3) is 0 Å². The minimum atomic E-state index is -0.145. The zero-order valence-electron chi connectivity index (χ0n) is 12.5. The molecule has 1 aliphatic heterocycles. The van der Waals surface area contributed by atoms with Gasteiger partial charge in [-0.25, -0.2) is 0 Å². The van der Waals surface area contributed by atoms with Crippen LogP contribution in [-0.4, -0.2) is 35.8 Å². The minimum absolute atomic E-state index is 0.0143. The molecule has 2 amide bonds. The summed E-state index contributed by atoms with van der Waals surface area (Å²) in [5.74, 6) is -0.160. The molecule has 114 valence electrons. The Kier molecular flexibility index (Phi) is 5.33. The molecular formula is C16H23N3O2. The first-order chi connectivity index (χ1) is 10.1. The second kappa shape index (κ2) is 7.22. The summed E-state index contributed by atoms with van der Waals surface area (Å²) in [4.78, 5) is 25.5. The lowest BCUT2D eigenvalue weighted by molar-refractivity contribution is -0.114. The summed E-state index contributed by atoms with van der Waals surface area (Å²) in [6.07, 6.45) is 4.24. The van der Waals surface area contributed by atoms with Crippen molar-refractivity contribution in [2.24, 2.45) is 5.73 Å². The Labute approximate surface area is 125 Å². The number of amides is 2. The van der Waals surface area contributed by atoms with Gasteiger partial charge in [-0.2, -0.15) is 0 Å². The van der Waals surface area contributed by atoms with E-state index in [2.05, 4.69) is 5.32 Å². The standard InChI is InChI=1S/C16H23N3O2/c1-12(20)18-15-8-5-6-13(10-15)16(21)19-9-4-2-3-7-14(17)11-19/h5-6,8,10,14H,2-4,7,9,11,17H2,1H3,(H,18,20)/t14-/m1/s1. The number of hydrogen-bond donors (Lipinski definition) is 2. The molecule has 1 aromatic carbocycles. The van der Waals surface area contributed by atoms with Gasteiger partial charge in [0.15, 0.2) is 0 Å². The average molecular weight is 289 g/mol. The molecule has 1 heterocycles. The van der Waals surface area contributed by atoms with Crippen molar-refractivity contribution < 1.29 is 9.59 Å². The number of rotatable bonds is 2. The number of benzene rings is 1. The van der Waals surface area contributed by atoms with E-state index >= 15 is 0 Å². The van der Waals surface area contributed by atoms with Crippen LogP contribution >= 0.6 is 0 Å². The lowest BCUT2D eigenvalue weighted by Crippen LogP contribution is -2.42. The van der Waals surface area contributed by atoms with E-state index in [4.69, 9.17) is 5.73 Å². The van der Waals surface area contributed by atoms with Gasteiger partial charge in [0.2, 0.25) is 5.91 Å². The van der Waals surface area contributed by atoms with Gasteiger partial charge in [-0.3, -0.25) is 9.59 Å². The molecule has 2 rings (SSSR count). The average Bonchev–Trinajstić information content (AvgIpc) is 2.41. The van der Waals surface area contributed by atoms with Crippen molar-refractivity contribution in [3.05, 3.63) is 29.8 Å². The highest BCUT2D eigenvalue weighted by Gasteiger charge is 2.20. The van der Waals surface area contributed by atoms with Crippen LogP contribution in [0, 0.1) is 0 Å². The lowest BCUT2D eigenvalue weighted by atomic mass is 10.0. The summed E-state index contributed by atoms with van der Waals surface area (Å²) in [6, 6.07) is 7.10. The van der Waals surface area contributed by atoms with Gasteiger partial charge in [-0.15, -0.1) is 0 Å². The van der Waals surface area contributed by atoms with Crippen LogP contribution in [0.4, 0.5) is 5.69 Å². The summed E-state index contributed by atoms with van der Waals surface area (Å²) in [6.45, 7) is 2.80. The monoisotopic (exact) mass is 289 g/mol. The topological polar surface area (TPSA) is 75.4 Å². The second-order valence-corrected chi connectivity index (χ2v) is 5.62. The first kappa shape index (κ1) is 15.5. The molecular weight excluding hydrogens is 266 g/mol. The van der Waals surface area contributed by atoms with Crippen LogP contribution in [0.1, 0.15) is 43.0 Å². The molecule has 1 aliphatic rings. The first-order valence-corrected chi connectivity index (χ1v) is 7.49. The summed E-state index contributed by atoms with van der Waals surface area (Å²) in [5, 5.41) is 2.70. The number of carbonyl (C=O) groups excluding carboxylic acids is 2. The number of nitrogens with zero attached hydrogens (tertiary/aromatic N) is 1. The summed E-state index contributed by atoms with van der Waals surface area (Å²) in [7, 11) is 0. The van der Waals surface area contributed by atoms with Crippen LogP contribution in [0.3, 0.4) is 0 Å². The van der Waals surface area contributed by atoms with Gasteiger partial charge in [0.05, 0.1) is 0 Å². The molecule has 0 spiro atoms. The Morgan fingerprint density at radius 2 is 2.10 bits per heavy atom. The van der Waals surface area contributed by atoms with Gasteiger partial charge in [0.25, 0.3) is 5.91 Å². The first-order valence-electron chi connectivity index (χ1n) is 7.49. The largest absolute Gasteiger partial charge is 0.337 e. The molecule has 0 bridgehead atoms. The molecule has 1 saturated heterocycles. The molecule has 0 aliphatic carbocycles. The molecule has 1 atom stereocenters. The quantitative estimate of drug-likeness (QED) is 0.874. The number of hydrogen-bond acceptors (Lipinski definition) is 3. The van der Waals surface area contributed by atoms with E-state index in [0.29, 0.717) is 17.8 Å². The third kappa shape index (κ3) is 4.56. The van der Waals surface area contributed by atoms with Crippen molar-refractivity contribution in [2.45, 2.75) is 38.6 Å². The van der Waals surface area contributed by atoms with E-state index < -0.39 is 0 Å². The molecule has 5 nitrogen and oxygen atoms in total. The molecule has 1 fully saturated rings. The predicted molar refractivity (Wildman–Crippen MR) is 83.1 cm³/mol. The zero-order chi connectivity index (χ0) is 15.2. The predicted octanol–water partition coefficient (Wildman–Crippen LogP) is 1.99. The normalized spacial score (nSPS) is 19.5. The van der Waals surface area contributed by atoms with Gasteiger partial charge in [0, 0.05) is 37.3 Å². The molecule has 5 heteroatoms. The molecule has 1 aromatic rings. The van der Waals surface area contributed by atoms with Crippen LogP contribution in [0.2, 0.25) is 0 Å². The Hall–Kier alpha value is -1.88. The fourth-order valence-corrected chi connectivity index (χ4v) is 2.65. The zero-order valence-corrected chi connectivity index (χ0v) is 12.5. The van der Waals surface area contributed by atoms with E-state index in [1.807, 2.05) is 4.90 Å². The van der Waals surface area contributed by atoms with E-state index in [-0.39, 0.29) is 17.9 Å². The van der Waals surface area contributed by atoms with Gasteiger partial charge in [0.1, 0.15) is 0 Å². The third-order valence-electron chi connectivity index (χ3n) is 3.67. The highest BCUT2D eigenvalue weighted by atomic mass is 16.2. The Morgan fingerprint density at radius 1 is 1.29 bits per heavy atom. The summed E-state index contributed by atoms with van der Waals surface area (Å²) < 4.78 is 0. The van der Waals surface area contributed by atoms with Gasteiger partial charge >= 0.3 is 0 Å². The fraction of sp³-hybridized carbons (Fsp3) is 0.500.